The lowest BCUT2D eigenvalue weighted by atomic mass is 9.94. The molecule has 5 aromatic heterocycles. The minimum absolute atomic E-state index is 0.515. The van der Waals surface area contributed by atoms with Crippen LogP contribution in [0.2, 0.25) is 0 Å². The topological polar surface area (TPSA) is 90.2 Å². The molecule has 0 saturated carbocycles. The second-order valence-electron chi connectivity index (χ2n) is 13.5. The minimum atomic E-state index is 0.515. The van der Waals surface area contributed by atoms with Gasteiger partial charge in [0.05, 0.1) is 22.4 Å². The number of hydrogen-bond donors (Lipinski definition) is 0. The van der Waals surface area contributed by atoms with Crippen LogP contribution in [0.25, 0.3) is 101 Å². The summed E-state index contributed by atoms with van der Waals surface area (Å²) in [5.74, 6) is 1.56. The molecule has 5 aromatic carbocycles. The Bertz CT molecular complexity index is 2810. The number of pyridine rings is 4. The van der Waals surface area contributed by atoms with Crippen LogP contribution in [0.15, 0.2) is 189 Å². The average Bonchev–Trinajstić information content (AvgIpc) is 3.29. The van der Waals surface area contributed by atoms with Gasteiger partial charge in [0, 0.05) is 63.4 Å². The van der Waals surface area contributed by atoms with Crippen LogP contribution in [0.1, 0.15) is 0 Å². The van der Waals surface area contributed by atoms with Gasteiger partial charge in [0.1, 0.15) is 0 Å². The zero-order valence-electron chi connectivity index (χ0n) is 30.0. The van der Waals surface area contributed by atoms with Crippen molar-refractivity contribution in [3.8, 4) is 78.9 Å². The summed E-state index contributed by atoms with van der Waals surface area (Å²) >= 11 is 0. The predicted octanol–water partition coefficient (Wildman–Crippen LogP) is 11.4. The number of benzene rings is 5. The lowest BCUT2D eigenvalue weighted by molar-refractivity contribution is 1.07. The van der Waals surface area contributed by atoms with Gasteiger partial charge in [0.25, 0.3) is 0 Å². The Morgan fingerprint density at radius 3 is 1.14 bits per heavy atom. The molecular weight excluding hydrogens is 687 g/mol. The third-order valence-corrected chi connectivity index (χ3v) is 9.89. The van der Waals surface area contributed by atoms with Crippen LogP contribution in [0.4, 0.5) is 0 Å². The Morgan fingerprint density at radius 1 is 0.268 bits per heavy atom. The van der Waals surface area contributed by atoms with E-state index < -0.39 is 0 Å². The van der Waals surface area contributed by atoms with E-state index in [0.29, 0.717) is 17.5 Å². The van der Waals surface area contributed by atoms with Crippen molar-refractivity contribution in [3.63, 3.8) is 0 Å². The average molecular weight is 718 g/mol. The smallest absolute Gasteiger partial charge is 0.165 e. The molecule has 0 atom stereocenters. The number of rotatable bonds is 7. The zero-order chi connectivity index (χ0) is 37.3. The Hall–Kier alpha value is -7.77. The van der Waals surface area contributed by atoms with Crippen molar-refractivity contribution in [2.45, 2.75) is 0 Å². The molecule has 0 unspecified atom stereocenters. The van der Waals surface area contributed by atoms with Crippen molar-refractivity contribution in [1.29, 1.82) is 0 Å². The van der Waals surface area contributed by atoms with Crippen molar-refractivity contribution >= 4 is 21.8 Å². The summed E-state index contributed by atoms with van der Waals surface area (Å²) < 4.78 is 0. The molecular formula is C49H31N7. The predicted molar refractivity (Wildman–Crippen MR) is 224 cm³/mol. The first-order valence-corrected chi connectivity index (χ1v) is 18.4. The lowest BCUT2D eigenvalue weighted by Gasteiger charge is -2.13. The summed E-state index contributed by atoms with van der Waals surface area (Å²) in [6.07, 6.45) is 7.31. The van der Waals surface area contributed by atoms with Crippen molar-refractivity contribution < 1.29 is 0 Å². The van der Waals surface area contributed by atoms with E-state index in [4.69, 9.17) is 24.9 Å². The number of hydrogen-bond acceptors (Lipinski definition) is 7. The fourth-order valence-corrected chi connectivity index (χ4v) is 6.96. The highest BCUT2D eigenvalue weighted by Gasteiger charge is 2.16. The first kappa shape index (κ1) is 32.8. The van der Waals surface area contributed by atoms with E-state index in [1.54, 1.807) is 0 Å². The van der Waals surface area contributed by atoms with E-state index in [0.717, 1.165) is 83.3 Å². The Labute approximate surface area is 323 Å². The van der Waals surface area contributed by atoms with Gasteiger partial charge in [-0.15, -0.1) is 0 Å². The van der Waals surface area contributed by atoms with Gasteiger partial charge in [0.15, 0.2) is 17.5 Å². The molecule has 0 aliphatic rings. The molecule has 0 amide bonds. The third kappa shape index (κ3) is 6.54. The van der Waals surface area contributed by atoms with E-state index >= 15 is 0 Å². The van der Waals surface area contributed by atoms with Gasteiger partial charge in [-0.1, -0.05) is 97.1 Å². The Morgan fingerprint density at radius 2 is 0.696 bits per heavy atom. The second kappa shape index (κ2) is 14.2. The first-order valence-electron chi connectivity index (χ1n) is 18.4. The Balaban J connectivity index is 1.15. The summed E-state index contributed by atoms with van der Waals surface area (Å²) in [5.41, 5.74) is 12.2. The highest BCUT2D eigenvalue weighted by atomic mass is 15.0. The monoisotopic (exact) mass is 717 g/mol. The molecule has 10 rings (SSSR count). The van der Waals surface area contributed by atoms with Crippen LogP contribution in [0, 0.1) is 0 Å². The van der Waals surface area contributed by atoms with Crippen molar-refractivity contribution in [3.05, 3.63) is 189 Å². The minimum Gasteiger partial charge on any atom is -0.256 e. The van der Waals surface area contributed by atoms with E-state index in [9.17, 15) is 0 Å². The molecule has 0 bridgehead atoms. The molecule has 0 N–H and O–H groups in total. The van der Waals surface area contributed by atoms with Gasteiger partial charge in [-0.3, -0.25) is 19.9 Å². The van der Waals surface area contributed by atoms with Gasteiger partial charge in [-0.25, -0.2) is 15.0 Å². The van der Waals surface area contributed by atoms with Crippen LogP contribution < -0.4 is 0 Å². The molecule has 56 heavy (non-hydrogen) atoms. The van der Waals surface area contributed by atoms with Crippen molar-refractivity contribution in [2.24, 2.45) is 0 Å². The first-order chi connectivity index (χ1) is 27.7. The lowest BCUT2D eigenvalue weighted by Crippen LogP contribution is -2.01. The quantitative estimate of drug-likeness (QED) is 0.162. The largest absolute Gasteiger partial charge is 0.256 e. The molecule has 262 valence electrons. The standard InChI is InChI=1S/C49H31N7/c1-3-9-32(10-4-1)43-21-19-38(30-52-43)47-54-48(39-20-22-44(53-31-39)33-11-5-2-6-12-33)56-49(55-47)42-26-40(36-17-15-34-13-7-23-50-45(34)28-36)25-41(27-42)37-18-16-35-14-8-24-51-46(35)29-37/h1-31H. The molecule has 5 heterocycles. The van der Waals surface area contributed by atoms with Crippen LogP contribution in [0.5, 0.6) is 0 Å². The SMILES string of the molecule is c1ccc(-c2ccc(-c3nc(-c4ccc(-c5ccccc5)nc4)nc(-c4cc(-c5ccc6cccnc6c5)cc(-c5ccc6cccnc6c5)c4)n3)cn2)cc1. The molecule has 0 aliphatic heterocycles. The van der Waals surface area contributed by atoms with Gasteiger partial charge < -0.3 is 0 Å². The number of nitrogens with zero attached hydrogens (tertiary/aromatic N) is 7. The summed E-state index contributed by atoms with van der Waals surface area (Å²) in [5, 5.41) is 2.16. The van der Waals surface area contributed by atoms with Crippen molar-refractivity contribution in [2.75, 3.05) is 0 Å². The van der Waals surface area contributed by atoms with E-state index in [2.05, 4.69) is 101 Å². The normalized spacial score (nSPS) is 11.2. The molecule has 10 aromatic rings. The molecule has 0 radical (unpaired) electrons. The van der Waals surface area contributed by atoms with Crippen LogP contribution >= 0.6 is 0 Å². The maximum absolute atomic E-state index is 5.13. The second-order valence-corrected chi connectivity index (χ2v) is 13.5. The van der Waals surface area contributed by atoms with Gasteiger partial charge >= 0.3 is 0 Å². The van der Waals surface area contributed by atoms with E-state index in [-0.39, 0.29) is 0 Å². The summed E-state index contributed by atoms with van der Waals surface area (Å²) in [6, 6.07) is 55.6. The maximum Gasteiger partial charge on any atom is 0.165 e. The summed E-state index contributed by atoms with van der Waals surface area (Å²) in [7, 11) is 0. The number of aromatic nitrogens is 7. The zero-order valence-corrected chi connectivity index (χ0v) is 30.0. The molecule has 0 fully saturated rings. The molecule has 0 saturated heterocycles. The molecule has 0 spiro atoms. The van der Waals surface area contributed by atoms with Gasteiger partial charge in [-0.05, 0) is 89.0 Å². The highest BCUT2D eigenvalue weighted by molar-refractivity contribution is 5.89. The Kier molecular flexibility index (Phi) is 8.35. The molecule has 0 aliphatic carbocycles. The number of fused-ring (bicyclic) bond motifs is 2. The van der Waals surface area contributed by atoms with E-state index in [1.807, 2.05) is 97.6 Å². The fraction of sp³-hybridized carbons (Fsp3) is 0. The van der Waals surface area contributed by atoms with Gasteiger partial charge in [-0.2, -0.15) is 0 Å². The summed E-state index contributed by atoms with van der Waals surface area (Å²) in [6.45, 7) is 0. The van der Waals surface area contributed by atoms with Crippen LogP contribution in [-0.4, -0.2) is 34.9 Å². The van der Waals surface area contributed by atoms with Gasteiger partial charge in [0.2, 0.25) is 0 Å². The maximum atomic E-state index is 5.13. The van der Waals surface area contributed by atoms with Crippen LogP contribution in [0.3, 0.4) is 0 Å². The fourth-order valence-electron chi connectivity index (χ4n) is 6.96. The van der Waals surface area contributed by atoms with Crippen LogP contribution in [-0.2, 0) is 0 Å². The third-order valence-electron chi connectivity index (χ3n) is 9.89. The van der Waals surface area contributed by atoms with E-state index in [1.165, 1.54) is 0 Å². The van der Waals surface area contributed by atoms with Crippen molar-refractivity contribution in [1.82, 2.24) is 34.9 Å². The summed E-state index contributed by atoms with van der Waals surface area (Å²) in [4.78, 5) is 34.2. The highest BCUT2D eigenvalue weighted by Crippen LogP contribution is 2.35. The molecule has 7 heteroatoms. The molecule has 7 nitrogen and oxygen atoms in total.